The second-order valence-corrected chi connectivity index (χ2v) is 8.16. The molecule has 6 heteroatoms. The van der Waals surface area contributed by atoms with Gasteiger partial charge in [0.15, 0.2) is 0 Å². The van der Waals surface area contributed by atoms with Crippen molar-refractivity contribution in [2.24, 2.45) is 0 Å². The lowest BCUT2D eigenvalue weighted by Gasteiger charge is -2.31. The van der Waals surface area contributed by atoms with Gasteiger partial charge in [-0.3, -0.25) is 0 Å². The predicted molar refractivity (Wildman–Crippen MR) is 110 cm³/mol. The molecule has 1 aromatic carbocycles. The number of para-hydroxylation sites is 1. The molecular weight excluding hydrogens is 340 g/mol. The number of hydrogen-bond acceptors (Lipinski definition) is 5. The van der Waals surface area contributed by atoms with Crippen molar-refractivity contribution in [2.75, 3.05) is 17.7 Å². The lowest BCUT2D eigenvalue weighted by molar-refractivity contribution is 0.0492. The lowest BCUT2D eigenvalue weighted by Crippen LogP contribution is -2.42. The van der Waals surface area contributed by atoms with Crippen LogP contribution in [-0.2, 0) is 4.74 Å². The fourth-order valence-corrected chi connectivity index (χ4v) is 3.52. The summed E-state index contributed by atoms with van der Waals surface area (Å²) >= 11 is 0. The van der Waals surface area contributed by atoms with E-state index in [1.54, 1.807) is 0 Å². The zero-order chi connectivity index (χ0) is 19.4. The molecule has 1 aliphatic rings. The van der Waals surface area contributed by atoms with Gasteiger partial charge in [0, 0.05) is 36.3 Å². The van der Waals surface area contributed by atoms with E-state index >= 15 is 0 Å². The molecule has 1 aromatic heterocycles. The first-order valence-electron chi connectivity index (χ1n) is 9.67. The summed E-state index contributed by atoms with van der Waals surface area (Å²) in [5, 5.41) is 10.9. The molecule has 1 heterocycles. The quantitative estimate of drug-likeness (QED) is 0.737. The highest BCUT2D eigenvalue weighted by Gasteiger charge is 2.25. The minimum Gasteiger partial charge on any atom is -0.444 e. The molecule has 6 nitrogen and oxygen atoms in total. The first kappa shape index (κ1) is 19.3. The van der Waals surface area contributed by atoms with Crippen LogP contribution in [0.5, 0.6) is 0 Å². The third-order valence-corrected chi connectivity index (χ3v) is 4.79. The number of ether oxygens (including phenoxy) is 1. The van der Waals surface area contributed by atoms with E-state index in [-0.39, 0.29) is 12.1 Å². The highest BCUT2D eigenvalue weighted by Crippen LogP contribution is 2.27. The van der Waals surface area contributed by atoms with E-state index in [9.17, 15) is 4.79 Å². The highest BCUT2D eigenvalue weighted by molar-refractivity contribution is 5.92. The fourth-order valence-electron chi connectivity index (χ4n) is 3.52. The number of nitrogens with zero attached hydrogens (tertiary/aromatic N) is 1. The van der Waals surface area contributed by atoms with E-state index in [0.29, 0.717) is 6.04 Å². The number of aromatic nitrogens is 1. The van der Waals surface area contributed by atoms with Crippen LogP contribution in [-0.4, -0.2) is 35.8 Å². The van der Waals surface area contributed by atoms with E-state index in [2.05, 4.69) is 28.1 Å². The number of alkyl carbamates (subject to hydrolysis) is 1. The number of anilines is 2. The minimum atomic E-state index is -0.463. The van der Waals surface area contributed by atoms with Crippen LogP contribution in [0.2, 0.25) is 0 Å². The number of benzene rings is 1. The van der Waals surface area contributed by atoms with E-state index < -0.39 is 5.60 Å². The third-order valence-electron chi connectivity index (χ3n) is 4.79. The van der Waals surface area contributed by atoms with E-state index in [4.69, 9.17) is 9.72 Å². The van der Waals surface area contributed by atoms with Crippen LogP contribution >= 0.6 is 0 Å². The Balaban J connectivity index is 1.56. The molecule has 146 valence electrons. The third kappa shape index (κ3) is 5.25. The molecule has 3 rings (SSSR count). The second kappa shape index (κ2) is 8.03. The van der Waals surface area contributed by atoms with Crippen LogP contribution in [0.3, 0.4) is 0 Å². The summed E-state index contributed by atoms with van der Waals surface area (Å²) in [5.74, 6) is 0.890. The van der Waals surface area contributed by atoms with Gasteiger partial charge in [-0.15, -0.1) is 0 Å². The van der Waals surface area contributed by atoms with Crippen molar-refractivity contribution in [1.29, 1.82) is 0 Å². The van der Waals surface area contributed by atoms with Gasteiger partial charge in [0.25, 0.3) is 0 Å². The smallest absolute Gasteiger partial charge is 0.407 e. The Morgan fingerprint density at radius 3 is 2.44 bits per heavy atom. The van der Waals surface area contributed by atoms with Crippen molar-refractivity contribution < 1.29 is 9.53 Å². The van der Waals surface area contributed by atoms with Crippen molar-refractivity contribution in [1.82, 2.24) is 10.3 Å². The Morgan fingerprint density at radius 1 is 1.11 bits per heavy atom. The molecule has 27 heavy (non-hydrogen) atoms. The summed E-state index contributed by atoms with van der Waals surface area (Å²) in [7, 11) is 1.93. The molecule has 0 spiro atoms. The van der Waals surface area contributed by atoms with E-state index in [0.717, 1.165) is 48.1 Å². The van der Waals surface area contributed by atoms with E-state index in [1.165, 1.54) is 0 Å². The van der Waals surface area contributed by atoms with Gasteiger partial charge in [-0.25, -0.2) is 9.78 Å². The van der Waals surface area contributed by atoms with Crippen LogP contribution in [0.25, 0.3) is 10.9 Å². The monoisotopic (exact) mass is 370 g/mol. The normalized spacial score (nSPS) is 20.1. The van der Waals surface area contributed by atoms with Crippen LogP contribution in [0.4, 0.5) is 16.3 Å². The molecule has 1 fully saturated rings. The zero-order valence-corrected chi connectivity index (χ0v) is 16.6. The maximum atomic E-state index is 11.9. The van der Waals surface area contributed by atoms with Gasteiger partial charge in [0.05, 0.1) is 5.52 Å². The van der Waals surface area contributed by atoms with Gasteiger partial charge in [-0.05, 0) is 52.5 Å². The van der Waals surface area contributed by atoms with Gasteiger partial charge in [0.1, 0.15) is 11.4 Å². The molecule has 0 saturated heterocycles. The number of hydrogen-bond donors (Lipinski definition) is 3. The summed E-state index contributed by atoms with van der Waals surface area (Å²) in [6.45, 7) is 5.64. The predicted octanol–water partition coefficient (Wildman–Crippen LogP) is 4.52. The van der Waals surface area contributed by atoms with Gasteiger partial charge < -0.3 is 20.7 Å². The fraction of sp³-hybridized carbons (Fsp3) is 0.524. The summed E-state index contributed by atoms with van der Waals surface area (Å²) in [6.07, 6.45) is 3.52. The van der Waals surface area contributed by atoms with E-state index in [1.807, 2.05) is 46.0 Å². The van der Waals surface area contributed by atoms with Crippen molar-refractivity contribution in [3.63, 3.8) is 0 Å². The maximum absolute atomic E-state index is 11.9. The molecule has 2 aromatic rings. The molecule has 0 unspecified atom stereocenters. The zero-order valence-electron chi connectivity index (χ0n) is 16.6. The van der Waals surface area contributed by atoms with Gasteiger partial charge in [0.2, 0.25) is 0 Å². The van der Waals surface area contributed by atoms with Crippen LogP contribution < -0.4 is 16.0 Å². The largest absolute Gasteiger partial charge is 0.444 e. The molecule has 1 saturated carbocycles. The number of fused-ring (bicyclic) bond motifs is 1. The van der Waals surface area contributed by atoms with Gasteiger partial charge >= 0.3 is 6.09 Å². The summed E-state index contributed by atoms with van der Waals surface area (Å²) < 4.78 is 5.35. The summed E-state index contributed by atoms with van der Waals surface area (Å²) in [6, 6.07) is 10.7. The number of rotatable bonds is 4. The average Bonchev–Trinajstić information content (AvgIpc) is 2.61. The summed E-state index contributed by atoms with van der Waals surface area (Å²) in [5.41, 5.74) is 1.59. The van der Waals surface area contributed by atoms with Crippen molar-refractivity contribution in [3.05, 3.63) is 30.3 Å². The number of nitrogens with one attached hydrogen (secondary N) is 3. The number of carbonyl (C=O) groups is 1. The second-order valence-electron chi connectivity index (χ2n) is 8.16. The Bertz CT molecular complexity index is 792. The van der Waals surface area contributed by atoms with Crippen LogP contribution in [0.1, 0.15) is 46.5 Å². The molecule has 0 aliphatic heterocycles. The molecular formula is C21H30N4O2. The highest BCUT2D eigenvalue weighted by atomic mass is 16.6. The number of carbonyl (C=O) groups excluding carboxylic acids is 1. The molecule has 1 amide bonds. The Labute approximate surface area is 161 Å². The SMILES string of the molecule is CNc1cc(N[C@H]2CC[C@@H](NC(=O)OC(C)(C)C)CC2)nc2ccccc12. The number of pyridine rings is 1. The van der Waals surface area contributed by atoms with Crippen LogP contribution in [0, 0.1) is 0 Å². The topological polar surface area (TPSA) is 75.3 Å². The first-order valence-corrected chi connectivity index (χ1v) is 9.67. The molecule has 3 N–H and O–H groups in total. The Kier molecular flexibility index (Phi) is 5.73. The van der Waals surface area contributed by atoms with Crippen molar-refractivity contribution >= 4 is 28.5 Å². The Morgan fingerprint density at radius 2 is 1.78 bits per heavy atom. The van der Waals surface area contributed by atoms with Gasteiger partial charge in [-0.2, -0.15) is 0 Å². The lowest BCUT2D eigenvalue weighted by atomic mass is 9.91. The standard InChI is InChI=1S/C21H30N4O2/c1-21(2,3)27-20(26)24-15-11-9-14(10-12-15)23-19-13-18(22-4)16-7-5-6-8-17(16)25-19/h5-8,13-15H,9-12H2,1-4H3,(H,24,26)(H2,22,23,25)/t14-,15+. The Hall–Kier alpha value is -2.50. The molecule has 1 aliphatic carbocycles. The van der Waals surface area contributed by atoms with Crippen molar-refractivity contribution in [2.45, 2.75) is 64.1 Å². The maximum Gasteiger partial charge on any atom is 0.407 e. The molecule has 0 radical (unpaired) electrons. The molecule has 0 atom stereocenters. The van der Waals surface area contributed by atoms with Crippen LogP contribution in [0.15, 0.2) is 30.3 Å². The first-order chi connectivity index (χ1) is 12.8. The summed E-state index contributed by atoms with van der Waals surface area (Å²) in [4.78, 5) is 16.7. The number of amides is 1. The van der Waals surface area contributed by atoms with Crippen molar-refractivity contribution in [3.8, 4) is 0 Å². The van der Waals surface area contributed by atoms with Gasteiger partial charge in [-0.1, -0.05) is 18.2 Å². The minimum absolute atomic E-state index is 0.176. The molecule has 0 bridgehead atoms. The average molecular weight is 370 g/mol.